The first-order chi connectivity index (χ1) is 8.95. The molecule has 1 aromatic carbocycles. The van der Waals surface area contributed by atoms with Crippen LogP contribution in [0.1, 0.15) is 18.9 Å². The molecule has 0 aliphatic rings. The van der Waals surface area contributed by atoms with E-state index in [1.54, 1.807) is 0 Å². The van der Waals surface area contributed by atoms with Crippen LogP contribution in [0.25, 0.3) is 0 Å². The second kappa shape index (κ2) is 7.47. The Morgan fingerprint density at radius 3 is 2.37 bits per heavy atom. The summed E-state index contributed by atoms with van der Waals surface area (Å²) < 4.78 is 32.1. The molecule has 0 saturated carbocycles. The minimum atomic E-state index is -3.33. The first kappa shape index (κ1) is 15.9. The molecule has 1 aromatic rings. The smallest absolute Gasteiger partial charge is 0.278 e. The molecule has 1 N–H and O–H groups in total. The van der Waals surface area contributed by atoms with Gasteiger partial charge in [-0.05, 0) is 30.5 Å². The van der Waals surface area contributed by atoms with E-state index in [1.165, 1.54) is 14.1 Å². The summed E-state index contributed by atoms with van der Waals surface area (Å²) in [4.78, 5) is 0. The quantitative estimate of drug-likeness (QED) is 0.786. The van der Waals surface area contributed by atoms with Crippen molar-refractivity contribution in [2.75, 3.05) is 27.2 Å². The Labute approximate surface area is 115 Å². The maximum atomic E-state index is 11.5. The fourth-order valence-electron chi connectivity index (χ4n) is 1.43. The highest BCUT2D eigenvalue weighted by Crippen LogP contribution is 2.12. The van der Waals surface area contributed by atoms with E-state index < -0.39 is 10.2 Å². The largest absolute Gasteiger partial charge is 0.494 e. The van der Waals surface area contributed by atoms with Gasteiger partial charge >= 0.3 is 0 Å². The Kier molecular flexibility index (Phi) is 6.27. The highest BCUT2D eigenvalue weighted by molar-refractivity contribution is 7.87. The molecule has 0 heterocycles. The fourth-order valence-corrected chi connectivity index (χ4v) is 2.04. The van der Waals surface area contributed by atoms with Crippen LogP contribution in [0.3, 0.4) is 0 Å². The molecule has 19 heavy (non-hydrogen) atoms. The number of nitrogens with zero attached hydrogens (tertiary/aromatic N) is 1. The first-order valence-electron chi connectivity index (χ1n) is 6.34. The summed E-state index contributed by atoms with van der Waals surface area (Å²) in [5, 5.41) is 0. The normalized spacial score (nSPS) is 11.8. The molecule has 0 atom stereocenters. The summed E-state index contributed by atoms with van der Waals surface area (Å²) in [6.07, 6.45) is 1.63. The predicted molar refractivity (Wildman–Crippen MR) is 76.5 cm³/mol. The van der Waals surface area contributed by atoms with Crippen LogP contribution in [0.4, 0.5) is 0 Å². The van der Waals surface area contributed by atoms with E-state index in [2.05, 4.69) is 11.6 Å². The fraction of sp³-hybridized carbons (Fsp3) is 0.538. The monoisotopic (exact) mass is 286 g/mol. The Balaban J connectivity index is 2.42. The molecule has 0 amide bonds. The van der Waals surface area contributed by atoms with Gasteiger partial charge in [0.1, 0.15) is 5.75 Å². The SMILES string of the molecule is CCCOc1ccc(CCNS(=O)(=O)N(C)C)cc1. The predicted octanol–water partition coefficient (Wildman–Crippen LogP) is 1.41. The molecule has 0 saturated heterocycles. The van der Waals surface area contributed by atoms with Crippen molar-refractivity contribution in [3.05, 3.63) is 29.8 Å². The second-order valence-corrected chi connectivity index (χ2v) is 6.39. The van der Waals surface area contributed by atoms with Crippen LogP contribution < -0.4 is 9.46 Å². The van der Waals surface area contributed by atoms with Gasteiger partial charge in [0.2, 0.25) is 0 Å². The van der Waals surface area contributed by atoms with Gasteiger partial charge < -0.3 is 4.74 Å². The Hall–Kier alpha value is -1.11. The third kappa shape index (κ3) is 5.59. The molecule has 1 rings (SSSR count). The van der Waals surface area contributed by atoms with Gasteiger partial charge in [-0.2, -0.15) is 12.7 Å². The van der Waals surface area contributed by atoms with Crippen LogP contribution in [-0.4, -0.2) is 40.0 Å². The molecule has 0 aliphatic heterocycles. The summed E-state index contributed by atoms with van der Waals surface area (Å²) in [7, 11) is -0.326. The van der Waals surface area contributed by atoms with Gasteiger partial charge in [0.25, 0.3) is 10.2 Å². The average Bonchev–Trinajstić information content (AvgIpc) is 2.37. The minimum absolute atomic E-state index is 0.385. The van der Waals surface area contributed by atoms with E-state index in [0.29, 0.717) is 19.6 Å². The van der Waals surface area contributed by atoms with Crippen molar-refractivity contribution >= 4 is 10.2 Å². The zero-order chi connectivity index (χ0) is 14.3. The van der Waals surface area contributed by atoms with Crippen LogP contribution >= 0.6 is 0 Å². The zero-order valence-corrected chi connectivity index (χ0v) is 12.5. The van der Waals surface area contributed by atoms with Crippen LogP contribution in [-0.2, 0) is 16.6 Å². The average molecular weight is 286 g/mol. The van der Waals surface area contributed by atoms with Gasteiger partial charge in [0, 0.05) is 20.6 Å². The van der Waals surface area contributed by atoms with Crippen molar-refractivity contribution in [1.29, 1.82) is 0 Å². The second-order valence-electron chi connectivity index (χ2n) is 4.42. The number of hydrogen-bond acceptors (Lipinski definition) is 3. The third-order valence-electron chi connectivity index (χ3n) is 2.58. The van der Waals surface area contributed by atoms with Gasteiger partial charge in [0.05, 0.1) is 6.61 Å². The molecule has 108 valence electrons. The van der Waals surface area contributed by atoms with E-state index in [-0.39, 0.29) is 0 Å². The van der Waals surface area contributed by atoms with Crippen molar-refractivity contribution < 1.29 is 13.2 Å². The molecule has 0 radical (unpaired) electrons. The molecular formula is C13H22N2O3S. The van der Waals surface area contributed by atoms with Crippen LogP contribution in [0.15, 0.2) is 24.3 Å². The van der Waals surface area contributed by atoms with Gasteiger partial charge in [-0.15, -0.1) is 0 Å². The number of rotatable bonds is 8. The van der Waals surface area contributed by atoms with Crippen molar-refractivity contribution in [3.8, 4) is 5.75 Å². The summed E-state index contributed by atoms with van der Waals surface area (Å²) in [6, 6.07) is 7.72. The Bertz CT molecular complexity index is 469. The van der Waals surface area contributed by atoms with Crippen molar-refractivity contribution in [2.24, 2.45) is 0 Å². The molecule has 0 fully saturated rings. The van der Waals surface area contributed by atoms with Crippen molar-refractivity contribution in [1.82, 2.24) is 9.03 Å². The maximum absolute atomic E-state index is 11.5. The Morgan fingerprint density at radius 2 is 1.84 bits per heavy atom. The maximum Gasteiger partial charge on any atom is 0.278 e. The van der Waals surface area contributed by atoms with Gasteiger partial charge in [0.15, 0.2) is 0 Å². The lowest BCUT2D eigenvalue weighted by molar-refractivity contribution is 0.317. The van der Waals surface area contributed by atoms with E-state index in [0.717, 1.165) is 22.0 Å². The lowest BCUT2D eigenvalue weighted by atomic mass is 10.1. The molecule has 0 unspecified atom stereocenters. The van der Waals surface area contributed by atoms with Crippen molar-refractivity contribution in [3.63, 3.8) is 0 Å². The van der Waals surface area contributed by atoms with Gasteiger partial charge in [-0.25, -0.2) is 4.72 Å². The van der Waals surface area contributed by atoms with Crippen LogP contribution in [0, 0.1) is 0 Å². The summed E-state index contributed by atoms with van der Waals surface area (Å²) in [5.41, 5.74) is 1.07. The molecule has 0 bridgehead atoms. The molecule has 6 heteroatoms. The molecule has 5 nitrogen and oxygen atoms in total. The minimum Gasteiger partial charge on any atom is -0.494 e. The molecule has 0 aliphatic carbocycles. The topological polar surface area (TPSA) is 58.6 Å². The van der Waals surface area contributed by atoms with Crippen LogP contribution in [0.2, 0.25) is 0 Å². The number of nitrogens with one attached hydrogen (secondary N) is 1. The molecule has 0 aromatic heterocycles. The molecular weight excluding hydrogens is 264 g/mol. The van der Waals surface area contributed by atoms with Crippen molar-refractivity contribution in [2.45, 2.75) is 19.8 Å². The Morgan fingerprint density at radius 1 is 1.21 bits per heavy atom. The lowest BCUT2D eigenvalue weighted by Crippen LogP contribution is -2.36. The summed E-state index contributed by atoms with van der Waals surface area (Å²) in [5.74, 6) is 0.847. The van der Waals surface area contributed by atoms with Crippen LogP contribution in [0.5, 0.6) is 5.75 Å². The standard InChI is InChI=1S/C13H22N2O3S/c1-4-11-18-13-7-5-12(6-8-13)9-10-14-19(16,17)15(2)3/h5-8,14H,4,9-11H2,1-3H3. The van der Waals surface area contributed by atoms with Gasteiger partial charge in [-0.3, -0.25) is 0 Å². The van der Waals surface area contributed by atoms with E-state index >= 15 is 0 Å². The summed E-state index contributed by atoms with van der Waals surface area (Å²) in [6.45, 7) is 3.16. The van der Waals surface area contributed by atoms with E-state index in [1.807, 2.05) is 24.3 Å². The summed E-state index contributed by atoms with van der Waals surface area (Å²) >= 11 is 0. The molecule has 0 spiro atoms. The van der Waals surface area contributed by atoms with Gasteiger partial charge in [-0.1, -0.05) is 19.1 Å². The number of benzene rings is 1. The number of hydrogen-bond donors (Lipinski definition) is 1. The number of ether oxygens (including phenoxy) is 1. The zero-order valence-electron chi connectivity index (χ0n) is 11.7. The lowest BCUT2D eigenvalue weighted by Gasteiger charge is -2.12. The van der Waals surface area contributed by atoms with E-state index in [9.17, 15) is 8.42 Å². The first-order valence-corrected chi connectivity index (χ1v) is 7.78. The third-order valence-corrected chi connectivity index (χ3v) is 4.11. The van der Waals surface area contributed by atoms with E-state index in [4.69, 9.17) is 4.74 Å². The highest BCUT2D eigenvalue weighted by atomic mass is 32.2. The highest BCUT2D eigenvalue weighted by Gasteiger charge is 2.11.